The normalized spacial score (nSPS) is 47.1. The van der Waals surface area contributed by atoms with Crippen molar-refractivity contribution in [3.05, 3.63) is 0 Å². The Bertz CT molecular complexity index is 354. The maximum Gasteiger partial charge on any atom is 0.0177 e. The maximum atomic E-state index is 4.16. The van der Waals surface area contributed by atoms with Gasteiger partial charge in [-0.3, -0.25) is 0 Å². The quantitative estimate of drug-likeness (QED) is 0.765. The minimum Gasteiger partial charge on any atom is -0.310 e. The van der Waals surface area contributed by atoms with Crippen molar-refractivity contribution in [2.24, 2.45) is 28.6 Å². The summed E-state index contributed by atoms with van der Waals surface area (Å²) in [4.78, 5) is 0. The third-order valence-corrected chi connectivity index (χ3v) is 7.33. The van der Waals surface area contributed by atoms with Gasteiger partial charge in [-0.25, -0.2) is 0 Å². The van der Waals surface area contributed by atoms with Gasteiger partial charge in [0.05, 0.1) is 0 Å². The molecule has 3 rings (SSSR count). The second-order valence-electron chi connectivity index (χ2n) is 9.38. The summed E-state index contributed by atoms with van der Waals surface area (Å²) in [5.74, 6) is 2.79. The van der Waals surface area contributed by atoms with Gasteiger partial charge in [0.15, 0.2) is 0 Å². The summed E-state index contributed by atoms with van der Waals surface area (Å²) in [6, 6.07) is 1.54. The van der Waals surface area contributed by atoms with Crippen LogP contribution in [-0.4, -0.2) is 12.1 Å². The predicted molar refractivity (Wildman–Crippen MR) is 86.7 cm³/mol. The molecule has 0 aromatic carbocycles. The van der Waals surface area contributed by atoms with Crippen molar-refractivity contribution in [2.45, 2.75) is 91.6 Å². The van der Waals surface area contributed by atoms with Crippen molar-refractivity contribution >= 4 is 0 Å². The Morgan fingerprint density at radius 3 is 2.40 bits per heavy atom. The van der Waals surface area contributed by atoms with E-state index in [1.165, 1.54) is 44.9 Å². The van der Waals surface area contributed by atoms with E-state index in [9.17, 15) is 0 Å². The number of hydrogen-bond donors (Lipinski definition) is 1. The lowest BCUT2D eigenvalue weighted by atomic mass is 9.67. The van der Waals surface area contributed by atoms with E-state index >= 15 is 0 Å². The molecule has 3 saturated carbocycles. The van der Waals surface area contributed by atoms with E-state index in [2.05, 4.69) is 39.9 Å². The van der Waals surface area contributed by atoms with Crippen LogP contribution in [0.1, 0.15) is 79.6 Å². The lowest BCUT2D eigenvalue weighted by molar-refractivity contribution is 0.0843. The first kappa shape index (κ1) is 14.9. The summed E-state index contributed by atoms with van der Waals surface area (Å²) in [7, 11) is 0. The highest BCUT2D eigenvalue weighted by molar-refractivity contribution is 5.12. The van der Waals surface area contributed by atoms with Gasteiger partial charge in [-0.05, 0) is 60.7 Å². The van der Waals surface area contributed by atoms with Gasteiger partial charge in [0, 0.05) is 12.1 Å². The molecule has 20 heavy (non-hydrogen) atoms. The summed E-state index contributed by atoms with van der Waals surface area (Å²) < 4.78 is 0. The number of rotatable bonds is 3. The van der Waals surface area contributed by atoms with Gasteiger partial charge in [0.1, 0.15) is 0 Å². The Morgan fingerprint density at radius 1 is 1.05 bits per heavy atom. The molecule has 3 fully saturated rings. The molecule has 3 aliphatic carbocycles. The smallest absolute Gasteiger partial charge is 0.0177 e. The van der Waals surface area contributed by atoms with E-state index in [0.29, 0.717) is 10.8 Å². The van der Waals surface area contributed by atoms with E-state index in [0.717, 1.165) is 29.8 Å². The van der Waals surface area contributed by atoms with Crippen LogP contribution >= 0.6 is 0 Å². The number of fused-ring (bicyclic) bond motifs is 2. The second kappa shape index (κ2) is 5.00. The van der Waals surface area contributed by atoms with E-state index in [1.54, 1.807) is 0 Å². The van der Waals surface area contributed by atoms with Crippen molar-refractivity contribution in [3.8, 4) is 0 Å². The van der Waals surface area contributed by atoms with Crippen LogP contribution in [0.25, 0.3) is 0 Å². The molecule has 5 atom stereocenters. The topological polar surface area (TPSA) is 12.0 Å². The van der Waals surface area contributed by atoms with Crippen LogP contribution in [0.3, 0.4) is 0 Å². The van der Waals surface area contributed by atoms with Crippen molar-refractivity contribution in [3.63, 3.8) is 0 Å². The van der Waals surface area contributed by atoms with E-state index in [-0.39, 0.29) is 0 Å². The fraction of sp³-hybridized carbons (Fsp3) is 1.00. The van der Waals surface area contributed by atoms with E-state index in [4.69, 9.17) is 0 Å². The van der Waals surface area contributed by atoms with Crippen molar-refractivity contribution < 1.29 is 0 Å². The van der Waals surface area contributed by atoms with Gasteiger partial charge in [0.2, 0.25) is 0 Å². The van der Waals surface area contributed by atoms with Crippen LogP contribution in [0.15, 0.2) is 0 Å². The van der Waals surface area contributed by atoms with Crippen molar-refractivity contribution in [2.75, 3.05) is 0 Å². The van der Waals surface area contributed by atoms with Crippen LogP contribution in [0.5, 0.6) is 0 Å². The first-order valence-corrected chi connectivity index (χ1v) is 9.09. The van der Waals surface area contributed by atoms with Crippen LogP contribution in [0, 0.1) is 28.6 Å². The van der Waals surface area contributed by atoms with E-state index in [1.807, 2.05) is 0 Å². The molecule has 0 aromatic rings. The predicted octanol–water partition coefficient (Wildman–Crippen LogP) is 5.01. The summed E-state index contributed by atoms with van der Waals surface area (Å²) in [6.07, 6.45) is 10.1. The Morgan fingerprint density at radius 2 is 1.80 bits per heavy atom. The zero-order valence-corrected chi connectivity index (χ0v) is 14.3. The van der Waals surface area contributed by atoms with Crippen LogP contribution in [0.2, 0.25) is 0 Å². The fourth-order valence-corrected chi connectivity index (χ4v) is 5.94. The summed E-state index contributed by atoms with van der Waals surface area (Å²) in [5.41, 5.74) is 1.09. The van der Waals surface area contributed by atoms with Gasteiger partial charge in [-0.2, -0.15) is 0 Å². The minimum absolute atomic E-state index is 0.512. The Balaban J connectivity index is 1.68. The fourth-order valence-electron chi connectivity index (χ4n) is 5.94. The van der Waals surface area contributed by atoms with Crippen molar-refractivity contribution in [1.82, 2.24) is 5.32 Å². The van der Waals surface area contributed by atoms with Gasteiger partial charge in [-0.1, -0.05) is 47.5 Å². The van der Waals surface area contributed by atoms with E-state index < -0.39 is 0 Å². The Labute approximate surface area is 126 Å². The Kier molecular flexibility index (Phi) is 3.72. The van der Waals surface area contributed by atoms with Gasteiger partial charge in [0.25, 0.3) is 0 Å². The first-order chi connectivity index (χ1) is 9.33. The molecule has 0 spiro atoms. The lowest BCUT2D eigenvalue weighted by Crippen LogP contribution is -2.54. The van der Waals surface area contributed by atoms with Gasteiger partial charge >= 0.3 is 0 Å². The molecule has 0 radical (unpaired) electrons. The molecule has 5 unspecified atom stereocenters. The summed E-state index contributed by atoms with van der Waals surface area (Å²) >= 11 is 0. The zero-order chi connectivity index (χ0) is 14.5. The third kappa shape index (κ3) is 2.34. The lowest BCUT2D eigenvalue weighted by Gasteiger charge is -2.46. The molecule has 0 amide bonds. The molecule has 3 aliphatic rings. The number of nitrogens with one attached hydrogen (secondary N) is 1. The minimum atomic E-state index is 0.512. The van der Waals surface area contributed by atoms with Crippen LogP contribution in [0.4, 0.5) is 0 Å². The van der Waals surface area contributed by atoms with Crippen LogP contribution < -0.4 is 5.32 Å². The molecule has 0 heterocycles. The zero-order valence-electron chi connectivity index (χ0n) is 14.3. The molecule has 0 aliphatic heterocycles. The molecular formula is C19H35N. The van der Waals surface area contributed by atoms with Gasteiger partial charge < -0.3 is 5.32 Å². The van der Waals surface area contributed by atoms with Crippen LogP contribution in [-0.2, 0) is 0 Å². The Hall–Kier alpha value is -0.0400. The summed E-state index contributed by atoms with van der Waals surface area (Å²) in [6.45, 7) is 12.4. The van der Waals surface area contributed by atoms with Gasteiger partial charge in [-0.15, -0.1) is 0 Å². The molecule has 0 saturated heterocycles. The van der Waals surface area contributed by atoms with Crippen molar-refractivity contribution in [1.29, 1.82) is 0 Å². The first-order valence-electron chi connectivity index (χ1n) is 9.09. The molecule has 0 aromatic heterocycles. The molecule has 1 heteroatoms. The molecule has 2 bridgehead atoms. The largest absolute Gasteiger partial charge is 0.310 e. The standard InChI is InChI=1S/C19H35N/c1-13(2)14-7-6-8-16(11-14)20-17-18(3,4)15-9-10-19(17,5)12-15/h13-17,20H,6-12H2,1-5H3. The number of hydrogen-bond acceptors (Lipinski definition) is 1. The maximum absolute atomic E-state index is 4.16. The highest BCUT2D eigenvalue weighted by atomic mass is 15.0. The second-order valence-corrected chi connectivity index (χ2v) is 9.38. The molecule has 116 valence electrons. The highest BCUT2D eigenvalue weighted by Crippen LogP contribution is 2.62. The molecular weight excluding hydrogens is 242 g/mol. The average Bonchev–Trinajstić information content (AvgIpc) is 2.86. The third-order valence-electron chi connectivity index (χ3n) is 7.33. The SMILES string of the molecule is CC(C)C1CCCC(NC2C3(C)CCC(C3)C2(C)C)C1. The summed E-state index contributed by atoms with van der Waals surface area (Å²) in [5, 5.41) is 4.16. The molecule has 1 N–H and O–H groups in total. The highest BCUT2D eigenvalue weighted by Gasteiger charge is 2.59. The molecule has 1 nitrogen and oxygen atoms in total. The monoisotopic (exact) mass is 277 g/mol. The average molecular weight is 277 g/mol.